The normalized spacial score (nSPS) is 12.4. The maximum atomic E-state index is 13.6. The Labute approximate surface area is 122 Å². The first-order valence-corrected chi connectivity index (χ1v) is 7.42. The molecule has 6 heteroatoms. The van der Waals surface area contributed by atoms with Crippen molar-refractivity contribution in [2.24, 2.45) is 0 Å². The highest BCUT2D eigenvalue weighted by Crippen LogP contribution is 2.24. The fourth-order valence-corrected chi connectivity index (χ4v) is 3.07. The van der Waals surface area contributed by atoms with Gasteiger partial charge in [0.25, 0.3) is 0 Å². The summed E-state index contributed by atoms with van der Waals surface area (Å²) in [6, 6.07) is 9.01. The Kier molecular flexibility index (Phi) is 4.45. The number of benzene rings is 2. The summed E-state index contributed by atoms with van der Waals surface area (Å²) in [5.74, 6) is -0.411. The minimum absolute atomic E-state index is 0.0588. The van der Waals surface area contributed by atoms with Crippen molar-refractivity contribution in [3.8, 4) is 0 Å². The molecule has 2 nitrogen and oxygen atoms in total. The SMILES string of the molecule is Nc1ccc(S(=O)Cc2ccc(Cl)cc2F)cc1Cl. The second-order valence-electron chi connectivity index (χ2n) is 3.91. The molecule has 0 aliphatic heterocycles. The number of hydrogen-bond donors (Lipinski definition) is 1. The first-order chi connectivity index (χ1) is 8.97. The molecule has 1 unspecified atom stereocenters. The van der Waals surface area contributed by atoms with E-state index in [1.807, 2.05) is 0 Å². The van der Waals surface area contributed by atoms with E-state index < -0.39 is 16.6 Å². The molecule has 2 rings (SSSR count). The van der Waals surface area contributed by atoms with Gasteiger partial charge in [0, 0.05) is 15.5 Å². The molecule has 0 saturated heterocycles. The highest BCUT2D eigenvalue weighted by Gasteiger charge is 2.10. The zero-order valence-electron chi connectivity index (χ0n) is 9.70. The van der Waals surface area contributed by atoms with Gasteiger partial charge in [-0.1, -0.05) is 29.3 Å². The van der Waals surface area contributed by atoms with Crippen LogP contribution in [0, 0.1) is 5.82 Å². The minimum atomic E-state index is -1.39. The van der Waals surface area contributed by atoms with Crippen molar-refractivity contribution >= 4 is 39.7 Å². The summed E-state index contributed by atoms with van der Waals surface area (Å²) in [5, 5.41) is 0.644. The molecule has 100 valence electrons. The van der Waals surface area contributed by atoms with Crippen LogP contribution in [0.4, 0.5) is 10.1 Å². The lowest BCUT2D eigenvalue weighted by Crippen LogP contribution is -2.00. The third-order valence-electron chi connectivity index (χ3n) is 2.54. The summed E-state index contributed by atoms with van der Waals surface area (Å²) < 4.78 is 25.7. The van der Waals surface area contributed by atoms with Gasteiger partial charge in [0.1, 0.15) is 5.82 Å². The van der Waals surface area contributed by atoms with E-state index in [2.05, 4.69) is 0 Å². The fraction of sp³-hybridized carbons (Fsp3) is 0.0769. The standard InChI is InChI=1S/C13H10Cl2FNOS/c14-9-2-1-8(12(16)5-9)7-19(18)10-3-4-13(17)11(15)6-10/h1-6H,7,17H2. The van der Waals surface area contributed by atoms with Crippen LogP contribution in [0.2, 0.25) is 10.0 Å². The van der Waals surface area contributed by atoms with Crippen LogP contribution >= 0.6 is 23.2 Å². The van der Waals surface area contributed by atoms with Crippen LogP contribution in [-0.2, 0) is 16.6 Å². The minimum Gasteiger partial charge on any atom is -0.398 e. The molecule has 2 N–H and O–H groups in total. The summed E-state index contributed by atoms with van der Waals surface area (Å²) in [4.78, 5) is 0.508. The van der Waals surface area contributed by atoms with Crippen molar-refractivity contribution in [2.75, 3.05) is 5.73 Å². The van der Waals surface area contributed by atoms with Crippen LogP contribution in [-0.4, -0.2) is 4.21 Å². The highest BCUT2D eigenvalue weighted by atomic mass is 35.5. The predicted molar refractivity (Wildman–Crippen MR) is 77.4 cm³/mol. The molecule has 1 atom stereocenters. The molecular weight excluding hydrogens is 308 g/mol. The third-order valence-corrected chi connectivity index (χ3v) is 4.45. The number of nitrogens with two attached hydrogens (primary N) is 1. The van der Waals surface area contributed by atoms with Crippen LogP contribution in [0.1, 0.15) is 5.56 Å². The molecule has 19 heavy (non-hydrogen) atoms. The number of rotatable bonds is 3. The maximum Gasteiger partial charge on any atom is 0.128 e. The summed E-state index contributed by atoms with van der Waals surface area (Å²) >= 11 is 11.5. The van der Waals surface area contributed by atoms with Crippen molar-refractivity contribution in [2.45, 2.75) is 10.6 Å². The summed E-state index contributed by atoms with van der Waals surface area (Å²) in [6.07, 6.45) is 0. The highest BCUT2D eigenvalue weighted by molar-refractivity contribution is 7.84. The van der Waals surface area contributed by atoms with Crippen LogP contribution in [0.15, 0.2) is 41.3 Å². The van der Waals surface area contributed by atoms with Gasteiger partial charge in [-0.25, -0.2) is 4.39 Å². The van der Waals surface area contributed by atoms with E-state index in [0.29, 0.717) is 26.2 Å². The van der Waals surface area contributed by atoms with Gasteiger partial charge in [-0.3, -0.25) is 4.21 Å². The van der Waals surface area contributed by atoms with E-state index >= 15 is 0 Å². The lowest BCUT2D eigenvalue weighted by molar-refractivity contribution is 0.615. The Morgan fingerprint density at radius 1 is 1.16 bits per heavy atom. The van der Waals surface area contributed by atoms with E-state index in [0.717, 1.165) is 0 Å². The summed E-state index contributed by atoms with van der Waals surface area (Å²) in [5.41, 5.74) is 6.34. The Morgan fingerprint density at radius 3 is 2.53 bits per heavy atom. The second kappa shape index (κ2) is 5.90. The molecule has 0 aliphatic carbocycles. The van der Waals surface area contributed by atoms with Gasteiger partial charge in [0.2, 0.25) is 0 Å². The first kappa shape index (κ1) is 14.3. The van der Waals surface area contributed by atoms with Crippen LogP contribution in [0.25, 0.3) is 0 Å². The van der Waals surface area contributed by atoms with Crippen molar-refractivity contribution in [3.63, 3.8) is 0 Å². The van der Waals surface area contributed by atoms with Gasteiger partial charge < -0.3 is 5.73 Å². The van der Waals surface area contributed by atoms with Crippen molar-refractivity contribution < 1.29 is 8.60 Å². The van der Waals surface area contributed by atoms with Crippen molar-refractivity contribution in [1.29, 1.82) is 0 Å². The molecule has 0 heterocycles. The topological polar surface area (TPSA) is 43.1 Å². The van der Waals surface area contributed by atoms with Gasteiger partial charge in [0.15, 0.2) is 0 Å². The molecular formula is C13H10Cl2FNOS. The zero-order valence-corrected chi connectivity index (χ0v) is 12.0. The smallest absolute Gasteiger partial charge is 0.128 e. The lowest BCUT2D eigenvalue weighted by atomic mass is 10.2. The Hall–Kier alpha value is -1.10. The van der Waals surface area contributed by atoms with E-state index in [1.54, 1.807) is 18.2 Å². The molecule has 2 aromatic rings. The molecule has 0 amide bonds. The number of nitrogen functional groups attached to an aromatic ring is 1. The fourth-order valence-electron chi connectivity index (χ4n) is 1.51. The summed E-state index contributed by atoms with van der Waals surface area (Å²) in [6.45, 7) is 0. The molecule has 0 aromatic heterocycles. The number of hydrogen-bond acceptors (Lipinski definition) is 2. The monoisotopic (exact) mass is 317 g/mol. The van der Waals surface area contributed by atoms with Gasteiger partial charge in [-0.2, -0.15) is 0 Å². The third kappa shape index (κ3) is 3.47. The Bertz CT molecular complexity index is 649. The molecule has 0 aliphatic rings. The van der Waals surface area contributed by atoms with Crippen molar-refractivity contribution in [3.05, 3.63) is 57.8 Å². The Morgan fingerprint density at radius 2 is 1.89 bits per heavy atom. The first-order valence-electron chi connectivity index (χ1n) is 5.34. The van der Waals surface area contributed by atoms with E-state index in [1.165, 1.54) is 18.2 Å². The van der Waals surface area contributed by atoms with Crippen molar-refractivity contribution in [1.82, 2.24) is 0 Å². The van der Waals surface area contributed by atoms with Gasteiger partial charge >= 0.3 is 0 Å². The molecule has 0 bridgehead atoms. The van der Waals surface area contributed by atoms with E-state index in [4.69, 9.17) is 28.9 Å². The molecule has 0 radical (unpaired) electrons. The average Bonchev–Trinajstić information content (AvgIpc) is 2.36. The average molecular weight is 318 g/mol. The molecule has 2 aromatic carbocycles. The quantitative estimate of drug-likeness (QED) is 0.869. The molecule has 0 fully saturated rings. The molecule has 0 spiro atoms. The van der Waals surface area contributed by atoms with Crippen LogP contribution in [0.5, 0.6) is 0 Å². The Balaban J connectivity index is 2.23. The zero-order chi connectivity index (χ0) is 14.0. The number of halogens is 3. The molecule has 0 saturated carbocycles. The van der Waals surface area contributed by atoms with Gasteiger partial charge in [0.05, 0.1) is 27.3 Å². The maximum absolute atomic E-state index is 13.6. The lowest BCUT2D eigenvalue weighted by Gasteiger charge is -2.06. The van der Waals surface area contributed by atoms with E-state index in [-0.39, 0.29) is 5.75 Å². The summed E-state index contributed by atoms with van der Waals surface area (Å²) in [7, 11) is -1.39. The number of anilines is 1. The van der Waals surface area contributed by atoms with Gasteiger partial charge in [-0.15, -0.1) is 0 Å². The predicted octanol–water partition coefficient (Wildman–Crippen LogP) is 4.02. The van der Waals surface area contributed by atoms with E-state index in [9.17, 15) is 8.60 Å². The van der Waals surface area contributed by atoms with Crippen LogP contribution in [0.3, 0.4) is 0 Å². The largest absolute Gasteiger partial charge is 0.398 e. The van der Waals surface area contributed by atoms with Crippen LogP contribution < -0.4 is 5.73 Å². The second-order valence-corrected chi connectivity index (χ2v) is 6.20. The van der Waals surface area contributed by atoms with Gasteiger partial charge in [-0.05, 0) is 30.3 Å².